The fourth-order valence-corrected chi connectivity index (χ4v) is 2.26. The van der Waals surface area contributed by atoms with Crippen LogP contribution in [0.2, 0.25) is 18.1 Å². The summed E-state index contributed by atoms with van der Waals surface area (Å²) >= 11 is 0. The van der Waals surface area contributed by atoms with Gasteiger partial charge in [0.25, 0.3) is 0 Å². The van der Waals surface area contributed by atoms with Crippen molar-refractivity contribution >= 4 is 8.07 Å². The van der Waals surface area contributed by atoms with Crippen LogP contribution in [0.15, 0.2) is 12.2 Å². The Morgan fingerprint density at radius 3 is 2.32 bits per heavy atom. The predicted octanol–water partition coefficient (Wildman–Crippen LogP) is 4.93. The molecule has 0 aromatic heterocycles. The van der Waals surface area contributed by atoms with Crippen molar-refractivity contribution in [2.45, 2.75) is 84.0 Å². The Bertz CT molecular complexity index is 325. The van der Waals surface area contributed by atoms with Crippen LogP contribution in [0.1, 0.15) is 59.8 Å². The van der Waals surface area contributed by atoms with Gasteiger partial charge < -0.3 is 5.11 Å². The van der Waals surface area contributed by atoms with Gasteiger partial charge in [0, 0.05) is 0 Å². The third kappa shape index (κ3) is 8.29. The minimum absolute atomic E-state index is 0.298. The van der Waals surface area contributed by atoms with Gasteiger partial charge in [-0.3, -0.25) is 0 Å². The third-order valence-electron chi connectivity index (χ3n) is 4.01. The van der Waals surface area contributed by atoms with Crippen LogP contribution in [0.25, 0.3) is 0 Å². The van der Waals surface area contributed by atoms with E-state index in [0.29, 0.717) is 5.04 Å². The second-order valence-electron chi connectivity index (χ2n) is 6.92. The van der Waals surface area contributed by atoms with Crippen LogP contribution in [0, 0.1) is 11.5 Å². The Labute approximate surface area is 121 Å². The lowest BCUT2D eigenvalue weighted by atomic mass is 10.1. The van der Waals surface area contributed by atoms with Crippen LogP contribution < -0.4 is 0 Å². The highest BCUT2D eigenvalue weighted by atomic mass is 28.3. The van der Waals surface area contributed by atoms with Gasteiger partial charge in [0.2, 0.25) is 0 Å². The van der Waals surface area contributed by atoms with Gasteiger partial charge in [-0.25, -0.2) is 0 Å². The monoisotopic (exact) mass is 280 g/mol. The highest BCUT2D eigenvalue weighted by Crippen LogP contribution is 2.35. The van der Waals surface area contributed by atoms with Gasteiger partial charge in [-0.15, -0.1) is 5.54 Å². The first-order valence-corrected chi connectivity index (χ1v) is 10.6. The van der Waals surface area contributed by atoms with Crippen LogP contribution in [0.3, 0.4) is 0 Å². The number of hydrogen-bond acceptors (Lipinski definition) is 1. The van der Waals surface area contributed by atoms with Gasteiger partial charge in [-0.1, -0.05) is 72.4 Å². The summed E-state index contributed by atoms with van der Waals surface area (Å²) in [5.41, 5.74) is 3.42. The smallest absolute Gasteiger partial charge is 0.138 e. The maximum absolute atomic E-state index is 9.79. The standard InChI is InChI=1S/C17H32OSi/c1-7-8-9-10-13-16(18)14-11-12-15-19(5,6)17(2,3)4/h11,14,16,18H,7-10,13H2,1-6H3/b14-11-. The van der Waals surface area contributed by atoms with Gasteiger partial charge in [0.1, 0.15) is 8.07 Å². The first-order chi connectivity index (χ1) is 8.70. The summed E-state index contributed by atoms with van der Waals surface area (Å²) in [5, 5.41) is 10.1. The van der Waals surface area contributed by atoms with Gasteiger partial charge >= 0.3 is 0 Å². The Hall–Kier alpha value is -0.523. The molecule has 0 spiro atoms. The van der Waals surface area contributed by atoms with Gasteiger partial charge in [0.15, 0.2) is 0 Å². The minimum Gasteiger partial charge on any atom is -0.389 e. The molecule has 0 amide bonds. The fourth-order valence-electron chi connectivity index (χ4n) is 1.45. The van der Waals surface area contributed by atoms with Crippen LogP contribution in [-0.4, -0.2) is 19.3 Å². The van der Waals surface area contributed by atoms with Crippen LogP contribution in [-0.2, 0) is 0 Å². The number of aliphatic hydroxyl groups is 1. The molecule has 0 bridgehead atoms. The molecule has 19 heavy (non-hydrogen) atoms. The predicted molar refractivity (Wildman–Crippen MR) is 88.9 cm³/mol. The molecule has 0 radical (unpaired) electrons. The number of hydrogen-bond donors (Lipinski definition) is 1. The highest BCUT2D eigenvalue weighted by Gasteiger charge is 2.33. The van der Waals surface area contributed by atoms with Crippen LogP contribution in [0.5, 0.6) is 0 Å². The number of unbranched alkanes of at least 4 members (excludes halogenated alkanes) is 3. The van der Waals surface area contributed by atoms with Crippen LogP contribution >= 0.6 is 0 Å². The lowest BCUT2D eigenvalue weighted by molar-refractivity contribution is 0.208. The van der Waals surface area contributed by atoms with E-state index in [9.17, 15) is 5.11 Å². The van der Waals surface area contributed by atoms with E-state index in [1.54, 1.807) is 0 Å². The molecule has 0 fully saturated rings. The van der Waals surface area contributed by atoms with E-state index in [2.05, 4.69) is 52.3 Å². The molecule has 0 saturated carbocycles. The molecule has 1 unspecified atom stereocenters. The fraction of sp³-hybridized carbons (Fsp3) is 0.765. The first-order valence-electron chi connectivity index (χ1n) is 7.58. The average molecular weight is 281 g/mol. The number of aliphatic hydroxyl groups excluding tert-OH is 1. The molecule has 0 aromatic rings. The number of allylic oxidation sites excluding steroid dienone is 1. The summed E-state index contributed by atoms with van der Waals surface area (Å²) in [5.74, 6) is 3.14. The molecule has 0 aliphatic carbocycles. The lowest BCUT2D eigenvalue weighted by Gasteiger charge is -2.31. The summed E-state index contributed by atoms with van der Waals surface area (Å²) in [4.78, 5) is 0. The molecule has 2 heteroatoms. The van der Waals surface area contributed by atoms with E-state index < -0.39 is 8.07 Å². The Morgan fingerprint density at radius 2 is 1.79 bits per heavy atom. The molecule has 0 aliphatic heterocycles. The molecular formula is C17H32OSi. The molecule has 0 aromatic carbocycles. The van der Waals surface area contributed by atoms with E-state index in [1.807, 2.05) is 12.2 Å². The molecule has 1 nitrogen and oxygen atoms in total. The normalized spacial score (nSPS) is 14.3. The topological polar surface area (TPSA) is 20.2 Å². The molecular weight excluding hydrogens is 248 g/mol. The molecule has 1 atom stereocenters. The maximum atomic E-state index is 9.79. The summed E-state index contributed by atoms with van der Waals surface area (Å²) in [7, 11) is -1.51. The van der Waals surface area contributed by atoms with Crippen molar-refractivity contribution in [2.24, 2.45) is 0 Å². The molecule has 0 aliphatic rings. The summed E-state index contributed by atoms with van der Waals surface area (Å²) in [6, 6.07) is 0. The zero-order chi connectivity index (χ0) is 14.9. The van der Waals surface area contributed by atoms with Crippen molar-refractivity contribution in [2.75, 3.05) is 0 Å². The Morgan fingerprint density at radius 1 is 1.16 bits per heavy atom. The molecule has 0 saturated heterocycles. The zero-order valence-corrected chi connectivity index (χ0v) is 14.7. The minimum atomic E-state index is -1.51. The van der Waals surface area contributed by atoms with E-state index in [1.165, 1.54) is 19.3 Å². The zero-order valence-electron chi connectivity index (χ0n) is 13.7. The molecule has 1 N–H and O–H groups in total. The molecule has 0 heterocycles. The Kier molecular flexibility index (Phi) is 8.37. The maximum Gasteiger partial charge on any atom is 0.138 e. The van der Waals surface area contributed by atoms with Crippen molar-refractivity contribution in [3.8, 4) is 11.5 Å². The summed E-state index contributed by atoms with van der Waals surface area (Å²) in [6.07, 6.45) is 9.04. The SMILES string of the molecule is CCCCCCC(O)/C=C\C#C[Si](C)(C)C(C)(C)C. The van der Waals surface area contributed by atoms with E-state index >= 15 is 0 Å². The van der Waals surface area contributed by atoms with Crippen LogP contribution in [0.4, 0.5) is 0 Å². The quantitative estimate of drug-likeness (QED) is 0.416. The largest absolute Gasteiger partial charge is 0.389 e. The number of rotatable bonds is 6. The van der Waals surface area contributed by atoms with Crippen molar-refractivity contribution in [3.63, 3.8) is 0 Å². The van der Waals surface area contributed by atoms with Crippen molar-refractivity contribution < 1.29 is 5.11 Å². The first kappa shape index (κ1) is 18.5. The van der Waals surface area contributed by atoms with Gasteiger partial charge in [-0.2, -0.15) is 0 Å². The van der Waals surface area contributed by atoms with E-state index in [4.69, 9.17) is 0 Å². The Balaban J connectivity index is 4.16. The second-order valence-corrected chi connectivity index (χ2v) is 11.9. The van der Waals surface area contributed by atoms with Gasteiger partial charge in [-0.05, 0) is 23.6 Å². The molecule has 110 valence electrons. The summed E-state index contributed by atoms with van der Waals surface area (Å²) < 4.78 is 0. The molecule has 0 rings (SSSR count). The van der Waals surface area contributed by atoms with E-state index in [-0.39, 0.29) is 6.10 Å². The van der Waals surface area contributed by atoms with Crippen molar-refractivity contribution in [1.82, 2.24) is 0 Å². The lowest BCUT2D eigenvalue weighted by Crippen LogP contribution is -2.35. The van der Waals surface area contributed by atoms with Crippen molar-refractivity contribution in [3.05, 3.63) is 12.2 Å². The third-order valence-corrected chi connectivity index (χ3v) is 8.53. The highest BCUT2D eigenvalue weighted by molar-refractivity contribution is 6.87. The van der Waals surface area contributed by atoms with E-state index in [0.717, 1.165) is 12.8 Å². The van der Waals surface area contributed by atoms with Crippen molar-refractivity contribution in [1.29, 1.82) is 0 Å². The second kappa shape index (κ2) is 8.61. The average Bonchev–Trinajstić information content (AvgIpc) is 2.29. The van der Waals surface area contributed by atoms with Gasteiger partial charge in [0.05, 0.1) is 6.10 Å². The summed E-state index contributed by atoms with van der Waals surface area (Å²) in [6.45, 7) is 13.6.